The molecule has 2 rings (SSSR count). The highest BCUT2D eigenvalue weighted by atomic mass is 15.1. The second kappa shape index (κ2) is 6.07. The molecule has 1 aromatic heterocycles. The van der Waals surface area contributed by atoms with Gasteiger partial charge in [0.05, 0.1) is 5.69 Å². The van der Waals surface area contributed by atoms with E-state index in [9.17, 15) is 0 Å². The fraction of sp³-hybridized carbons (Fsp3) is 0.692. The number of nitrogens with zero attached hydrogens (tertiary/aromatic N) is 3. The van der Waals surface area contributed by atoms with Crippen LogP contribution in [0.2, 0.25) is 0 Å². The summed E-state index contributed by atoms with van der Waals surface area (Å²) < 4.78 is 0. The fourth-order valence-electron chi connectivity index (χ4n) is 2.47. The zero-order chi connectivity index (χ0) is 12.1. The van der Waals surface area contributed by atoms with Crippen LogP contribution in [0, 0.1) is 5.92 Å². The van der Waals surface area contributed by atoms with E-state index in [1.165, 1.54) is 25.9 Å². The third-order valence-corrected chi connectivity index (χ3v) is 3.62. The lowest BCUT2D eigenvalue weighted by molar-refractivity contribution is 0.178. The maximum atomic E-state index is 4.23. The molecule has 1 aliphatic rings. The number of rotatable bonds is 4. The van der Waals surface area contributed by atoms with E-state index in [-0.39, 0.29) is 0 Å². The van der Waals surface area contributed by atoms with Gasteiger partial charge in [-0.1, -0.05) is 0 Å². The summed E-state index contributed by atoms with van der Waals surface area (Å²) in [5.41, 5.74) is 1.07. The maximum Gasteiger partial charge on any atom is 0.115 e. The SMILES string of the molecule is CC(NCc1ccncn1)C1CCCN(C)C1. The number of hydrogen-bond donors (Lipinski definition) is 1. The van der Waals surface area contributed by atoms with Crippen LogP contribution in [0.1, 0.15) is 25.5 Å². The van der Waals surface area contributed by atoms with E-state index >= 15 is 0 Å². The van der Waals surface area contributed by atoms with Crippen molar-refractivity contribution in [3.05, 3.63) is 24.3 Å². The third kappa shape index (κ3) is 3.75. The number of aromatic nitrogens is 2. The zero-order valence-corrected chi connectivity index (χ0v) is 10.8. The molecule has 2 atom stereocenters. The molecule has 1 aromatic rings. The highest BCUT2D eigenvalue weighted by Gasteiger charge is 2.22. The van der Waals surface area contributed by atoms with E-state index in [1.54, 1.807) is 12.5 Å². The second-order valence-electron chi connectivity index (χ2n) is 5.03. The van der Waals surface area contributed by atoms with Crippen molar-refractivity contribution in [2.45, 2.75) is 32.4 Å². The molecule has 1 aliphatic heterocycles. The molecule has 94 valence electrons. The van der Waals surface area contributed by atoms with Crippen LogP contribution in [0.4, 0.5) is 0 Å². The highest BCUT2D eigenvalue weighted by molar-refractivity contribution is 4.97. The molecule has 4 nitrogen and oxygen atoms in total. The number of likely N-dealkylation sites (tertiary alicyclic amines) is 1. The van der Waals surface area contributed by atoms with Crippen LogP contribution >= 0.6 is 0 Å². The van der Waals surface area contributed by atoms with Crippen molar-refractivity contribution >= 4 is 0 Å². The van der Waals surface area contributed by atoms with Crippen molar-refractivity contribution in [2.75, 3.05) is 20.1 Å². The maximum absolute atomic E-state index is 4.23. The average Bonchev–Trinajstić information content (AvgIpc) is 2.37. The van der Waals surface area contributed by atoms with Crippen molar-refractivity contribution in [3.8, 4) is 0 Å². The summed E-state index contributed by atoms with van der Waals surface area (Å²) in [4.78, 5) is 10.6. The van der Waals surface area contributed by atoms with Crippen molar-refractivity contribution in [3.63, 3.8) is 0 Å². The predicted octanol–water partition coefficient (Wildman–Crippen LogP) is 1.30. The standard InChI is InChI=1S/C13H22N4/c1-11(12-4-3-7-17(2)9-12)15-8-13-5-6-14-10-16-13/h5-6,10-12,15H,3-4,7-9H2,1-2H3. The van der Waals surface area contributed by atoms with Crippen LogP contribution in [0.15, 0.2) is 18.6 Å². The third-order valence-electron chi connectivity index (χ3n) is 3.62. The van der Waals surface area contributed by atoms with Gasteiger partial charge in [0.25, 0.3) is 0 Å². The zero-order valence-electron chi connectivity index (χ0n) is 10.8. The summed E-state index contributed by atoms with van der Waals surface area (Å²) in [5.74, 6) is 0.760. The Labute approximate surface area is 103 Å². The molecule has 17 heavy (non-hydrogen) atoms. The average molecular weight is 234 g/mol. The van der Waals surface area contributed by atoms with Gasteiger partial charge < -0.3 is 10.2 Å². The van der Waals surface area contributed by atoms with Crippen LogP contribution in [0.3, 0.4) is 0 Å². The Kier molecular flexibility index (Phi) is 4.45. The van der Waals surface area contributed by atoms with Crippen LogP contribution in [-0.2, 0) is 6.54 Å². The van der Waals surface area contributed by atoms with Gasteiger partial charge in [0.15, 0.2) is 0 Å². The van der Waals surface area contributed by atoms with Gasteiger partial charge in [-0.05, 0) is 45.3 Å². The Morgan fingerprint density at radius 1 is 1.59 bits per heavy atom. The Balaban J connectivity index is 1.79. The van der Waals surface area contributed by atoms with Crippen LogP contribution in [-0.4, -0.2) is 41.0 Å². The smallest absolute Gasteiger partial charge is 0.115 e. The van der Waals surface area contributed by atoms with Gasteiger partial charge in [-0.2, -0.15) is 0 Å². The van der Waals surface area contributed by atoms with Gasteiger partial charge >= 0.3 is 0 Å². The highest BCUT2D eigenvalue weighted by Crippen LogP contribution is 2.18. The lowest BCUT2D eigenvalue weighted by atomic mass is 9.92. The van der Waals surface area contributed by atoms with E-state index in [0.29, 0.717) is 6.04 Å². The number of hydrogen-bond acceptors (Lipinski definition) is 4. The Morgan fingerprint density at radius 2 is 2.47 bits per heavy atom. The van der Waals surface area contributed by atoms with Gasteiger partial charge in [0, 0.05) is 25.3 Å². The molecule has 1 N–H and O–H groups in total. The quantitative estimate of drug-likeness (QED) is 0.852. The van der Waals surface area contributed by atoms with Gasteiger partial charge in [0.1, 0.15) is 6.33 Å². The second-order valence-corrected chi connectivity index (χ2v) is 5.03. The molecule has 1 saturated heterocycles. The molecule has 0 bridgehead atoms. The molecular weight excluding hydrogens is 212 g/mol. The predicted molar refractivity (Wildman–Crippen MR) is 68.6 cm³/mol. The molecule has 2 unspecified atom stereocenters. The molecular formula is C13H22N4. The first-order valence-corrected chi connectivity index (χ1v) is 6.42. The van der Waals surface area contributed by atoms with E-state index in [4.69, 9.17) is 0 Å². The van der Waals surface area contributed by atoms with E-state index < -0.39 is 0 Å². The van der Waals surface area contributed by atoms with E-state index in [1.807, 2.05) is 6.07 Å². The molecule has 0 amide bonds. The minimum Gasteiger partial charge on any atom is -0.308 e. The molecule has 0 saturated carbocycles. The van der Waals surface area contributed by atoms with Gasteiger partial charge in [0.2, 0.25) is 0 Å². The topological polar surface area (TPSA) is 41.1 Å². The minimum atomic E-state index is 0.549. The summed E-state index contributed by atoms with van der Waals surface area (Å²) in [5, 5.41) is 3.57. The van der Waals surface area contributed by atoms with Crippen molar-refractivity contribution in [2.24, 2.45) is 5.92 Å². The summed E-state index contributed by atoms with van der Waals surface area (Å²) in [6.07, 6.45) is 6.06. The first-order chi connectivity index (χ1) is 8.25. The normalized spacial score (nSPS) is 23.5. The van der Waals surface area contributed by atoms with Crippen LogP contribution in [0.5, 0.6) is 0 Å². The molecule has 1 fully saturated rings. The van der Waals surface area contributed by atoms with Gasteiger partial charge in [-0.15, -0.1) is 0 Å². The molecule has 4 heteroatoms. The van der Waals surface area contributed by atoms with Crippen molar-refractivity contribution < 1.29 is 0 Å². The lowest BCUT2D eigenvalue weighted by Crippen LogP contribution is -2.42. The Morgan fingerprint density at radius 3 is 3.18 bits per heavy atom. The van der Waals surface area contributed by atoms with Gasteiger partial charge in [-0.25, -0.2) is 9.97 Å². The lowest BCUT2D eigenvalue weighted by Gasteiger charge is -2.33. The van der Waals surface area contributed by atoms with Crippen molar-refractivity contribution in [1.29, 1.82) is 0 Å². The fourth-order valence-corrected chi connectivity index (χ4v) is 2.47. The van der Waals surface area contributed by atoms with Gasteiger partial charge in [-0.3, -0.25) is 0 Å². The molecule has 0 aliphatic carbocycles. The molecule has 0 spiro atoms. The summed E-state index contributed by atoms with van der Waals surface area (Å²) >= 11 is 0. The number of piperidine rings is 1. The molecule has 0 radical (unpaired) electrons. The van der Waals surface area contributed by atoms with E-state index in [0.717, 1.165) is 18.2 Å². The monoisotopic (exact) mass is 234 g/mol. The summed E-state index contributed by atoms with van der Waals surface area (Å²) in [7, 11) is 2.21. The van der Waals surface area contributed by atoms with E-state index in [2.05, 4.69) is 34.2 Å². The van der Waals surface area contributed by atoms with Crippen molar-refractivity contribution in [1.82, 2.24) is 20.2 Å². The molecule has 2 heterocycles. The first kappa shape index (κ1) is 12.5. The Hall–Kier alpha value is -1.00. The van der Waals surface area contributed by atoms with Crippen LogP contribution in [0.25, 0.3) is 0 Å². The largest absolute Gasteiger partial charge is 0.308 e. The summed E-state index contributed by atoms with van der Waals surface area (Å²) in [6, 6.07) is 2.51. The Bertz CT molecular complexity index is 327. The number of nitrogens with one attached hydrogen (secondary N) is 1. The first-order valence-electron chi connectivity index (χ1n) is 6.42. The van der Waals surface area contributed by atoms with Crippen LogP contribution < -0.4 is 5.32 Å². The molecule has 0 aromatic carbocycles. The summed E-state index contributed by atoms with van der Waals surface area (Å²) in [6.45, 7) is 5.57. The minimum absolute atomic E-state index is 0.549.